The second-order valence-electron chi connectivity index (χ2n) is 5.43. The summed E-state index contributed by atoms with van der Waals surface area (Å²) >= 11 is 0. The Morgan fingerprint density at radius 3 is 2.56 bits per heavy atom. The van der Waals surface area contributed by atoms with Crippen LogP contribution in [0.3, 0.4) is 0 Å². The molecule has 0 bridgehead atoms. The highest BCUT2D eigenvalue weighted by Crippen LogP contribution is 2.25. The average molecular weight is 248 g/mol. The smallest absolute Gasteiger partial charge is 0.241 e. The normalized spacial score (nSPS) is 11.1. The molecule has 5 nitrogen and oxygen atoms in total. The van der Waals surface area contributed by atoms with E-state index < -0.39 is 0 Å². The van der Waals surface area contributed by atoms with Crippen LogP contribution in [0.15, 0.2) is 18.2 Å². The molecule has 0 atom stereocenters. The van der Waals surface area contributed by atoms with Gasteiger partial charge in [-0.15, -0.1) is 0 Å². The van der Waals surface area contributed by atoms with Gasteiger partial charge in [-0.1, -0.05) is 26.8 Å². The lowest BCUT2D eigenvalue weighted by atomic mass is 9.91. The van der Waals surface area contributed by atoms with Crippen molar-refractivity contribution in [2.24, 2.45) is 11.3 Å². The summed E-state index contributed by atoms with van der Waals surface area (Å²) in [5.74, 6) is 5.62. The zero-order valence-electron chi connectivity index (χ0n) is 11.0. The van der Waals surface area contributed by atoms with Gasteiger partial charge in [-0.25, -0.2) is 10.9 Å². The summed E-state index contributed by atoms with van der Waals surface area (Å²) in [6.07, 6.45) is 1.44. The molecule has 0 aliphatic carbocycles. The summed E-state index contributed by atoms with van der Waals surface area (Å²) in [6, 6.07) is 5.06. The lowest BCUT2D eigenvalue weighted by molar-refractivity contribution is -0.120. The van der Waals surface area contributed by atoms with Crippen molar-refractivity contribution in [2.45, 2.75) is 27.2 Å². The van der Waals surface area contributed by atoms with Gasteiger partial charge in [0.25, 0.3) is 0 Å². The first-order chi connectivity index (χ1) is 8.26. The maximum atomic E-state index is 12.0. The molecule has 0 fully saturated rings. The van der Waals surface area contributed by atoms with Crippen LogP contribution < -0.4 is 16.6 Å². The third-order valence-electron chi connectivity index (χ3n) is 2.47. The molecule has 98 valence electrons. The Balaban J connectivity index is 3.04. The minimum Gasteiger partial charge on any atom is -0.398 e. The van der Waals surface area contributed by atoms with Crippen molar-refractivity contribution in [1.29, 1.82) is 5.41 Å². The van der Waals surface area contributed by atoms with Gasteiger partial charge in [0.05, 0.1) is 5.69 Å². The Bertz CT molecular complexity index is 463. The van der Waals surface area contributed by atoms with Gasteiger partial charge in [0.15, 0.2) is 0 Å². The van der Waals surface area contributed by atoms with Crippen LogP contribution in [0, 0.1) is 10.8 Å². The van der Waals surface area contributed by atoms with Crippen LogP contribution in [0.25, 0.3) is 0 Å². The van der Waals surface area contributed by atoms with E-state index in [1.54, 1.807) is 18.2 Å². The van der Waals surface area contributed by atoms with Gasteiger partial charge in [-0.05, 0) is 17.5 Å². The molecule has 0 aliphatic heterocycles. The fourth-order valence-electron chi connectivity index (χ4n) is 1.61. The molecule has 0 aromatic heterocycles. The van der Waals surface area contributed by atoms with E-state index in [9.17, 15) is 4.79 Å². The number of hydrazine groups is 1. The van der Waals surface area contributed by atoms with Gasteiger partial charge in [0, 0.05) is 23.9 Å². The summed E-state index contributed by atoms with van der Waals surface area (Å²) in [5.41, 5.74) is 6.96. The minimum atomic E-state index is -0.198. The second kappa shape index (κ2) is 5.18. The minimum absolute atomic E-state index is 0.139. The van der Waals surface area contributed by atoms with Gasteiger partial charge >= 0.3 is 0 Å². The molecule has 5 N–H and O–H groups in total. The quantitative estimate of drug-likeness (QED) is 0.250. The lowest BCUT2D eigenvalue weighted by Gasteiger charge is -2.24. The van der Waals surface area contributed by atoms with E-state index in [0.717, 1.165) is 11.2 Å². The molecule has 1 aromatic carbocycles. The second-order valence-corrected chi connectivity index (χ2v) is 5.43. The Hall–Kier alpha value is -1.88. The Labute approximate surface area is 107 Å². The first-order valence-electron chi connectivity index (χ1n) is 5.73. The van der Waals surface area contributed by atoms with E-state index in [1.807, 2.05) is 20.8 Å². The van der Waals surface area contributed by atoms with Crippen LogP contribution in [-0.4, -0.2) is 12.1 Å². The summed E-state index contributed by atoms with van der Waals surface area (Å²) in [7, 11) is 0. The standard InChI is InChI=1S/C13H20N4O/c1-13(2,3)7-12(18)17(16)11-6-4-5-10(15)9(11)8-14/h4-6,8,14H,7,15-16H2,1-3H3. The topological polar surface area (TPSA) is 96.2 Å². The van der Waals surface area contributed by atoms with Gasteiger partial charge in [-0.2, -0.15) is 0 Å². The van der Waals surface area contributed by atoms with Crippen LogP contribution in [0.2, 0.25) is 0 Å². The van der Waals surface area contributed by atoms with Crippen molar-refractivity contribution in [3.8, 4) is 0 Å². The third kappa shape index (κ3) is 3.30. The van der Waals surface area contributed by atoms with Gasteiger partial charge in [0.1, 0.15) is 0 Å². The summed E-state index contributed by atoms with van der Waals surface area (Å²) in [5, 5.41) is 8.41. The molecule has 18 heavy (non-hydrogen) atoms. The van der Waals surface area contributed by atoms with Crippen LogP contribution in [-0.2, 0) is 4.79 Å². The third-order valence-corrected chi connectivity index (χ3v) is 2.47. The lowest BCUT2D eigenvalue weighted by Crippen LogP contribution is -2.40. The van der Waals surface area contributed by atoms with Gasteiger partial charge < -0.3 is 11.1 Å². The number of carbonyl (C=O) groups is 1. The number of nitrogen functional groups attached to an aromatic ring is 1. The van der Waals surface area contributed by atoms with E-state index in [1.165, 1.54) is 0 Å². The molecule has 0 aliphatic rings. The fourth-order valence-corrected chi connectivity index (χ4v) is 1.61. The number of benzene rings is 1. The summed E-state index contributed by atoms with van der Waals surface area (Å²) in [6.45, 7) is 5.90. The molecule has 5 heteroatoms. The number of nitrogens with zero attached hydrogens (tertiary/aromatic N) is 1. The Morgan fingerprint density at radius 1 is 1.44 bits per heavy atom. The number of nitrogens with two attached hydrogens (primary N) is 2. The maximum absolute atomic E-state index is 12.0. The first-order valence-corrected chi connectivity index (χ1v) is 5.73. The number of amides is 1. The van der Waals surface area contributed by atoms with Gasteiger partial charge in [-0.3, -0.25) is 4.79 Å². The molecule has 0 radical (unpaired) electrons. The predicted molar refractivity (Wildman–Crippen MR) is 74.5 cm³/mol. The van der Waals surface area contributed by atoms with Crippen molar-refractivity contribution in [1.82, 2.24) is 0 Å². The van der Waals surface area contributed by atoms with E-state index in [4.69, 9.17) is 17.0 Å². The molecule has 1 rings (SSSR count). The SMILES string of the molecule is CC(C)(C)CC(=O)N(N)c1cccc(N)c1C=N. The molecule has 0 heterocycles. The maximum Gasteiger partial charge on any atom is 0.241 e. The largest absolute Gasteiger partial charge is 0.398 e. The van der Waals surface area contributed by atoms with Crippen molar-refractivity contribution in [3.05, 3.63) is 23.8 Å². The van der Waals surface area contributed by atoms with Crippen LogP contribution >= 0.6 is 0 Å². The summed E-state index contributed by atoms with van der Waals surface area (Å²) < 4.78 is 0. The van der Waals surface area contributed by atoms with Crippen LogP contribution in [0.4, 0.5) is 11.4 Å². The van der Waals surface area contributed by atoms with E-state index in [-0.39, 0.29) is 11.3 Å². The van der Waals surface area contributed by atoms with Crippen LogP contribution in [0.1, 0.15) is 32.8 Å². The number of nitrogens with one attached hydrogen (secondary N) is 1. The number of rotatable bonds is 3. The van der Waals surface area contributed by atoms with Crippen molar-refractivity contribution in [3.63, 3.8) is 0 Å². The molecule has 0 unspecified atom stereocenters. The number of anilines is 2. The molecular formula is C13H20N4O. The van der Waals surface area contributed by atoms with Crippen molar-refractivity contribution in [2.75, 3.05) is 10.7 Å². The first kappa shape index (κ1) is 14.2. The van der Waals surface area contributed by atoms with E-state index >= 15 is 0 Å². The molecule has 0 saturated heterocycles. The monoisotopic (exact) mass is 248 g/mol. The Morgan fingerprint density at radius 2 is 2.06 bits per heavy atom. The summed E-state index contributed by atoms with van der Waals surface area (Å²) in [4.78, 5) is 12.0. The molecule has 1 aromatic rings. The van der Waals surface area contributed by atoms with E-state index in [2.05, 4.69) is 0 Å². The molecule has 0 spiro atoms. The molecule has 0 saturated carbocycles. The molecule has 1 amide bonds. The molecular weight excluding hydrogens is 228 g/mol. The fraction of sp³-hybridized carbons (Fsp3) is 0.385. The predicted octanol–water partition coefficient (Wildman–Crippen LogP) is 1.91. The number of hydrogen-bond donors (Lipinski definition) is 3. The number of carbonyl (C=O) groups excluding carboxylic acids is 1. The average Bonchev–Trinajstić information content (AvgIpc) is 2.25. The Kier molecular flexibility index (Phi) is 4.08. The van der Waals surface area contributed by atoms with Crippen LogP contribution in [0.5, 0.6) is 0 Å². The van der Waals surface area contributed by atoms with Gasteiger partial charge in [0.2, 0.25) is 5.91 Å². The zero-order valence-corrected chi connectivity index (χ0v) is 11.0. The zero-order chi connectivity index (χ0) is 13.9. The number of hydrogen-bond acceptors (Lipinski definition) is 4. The highest BCUT2D eigenvalue weighted by atomic mass is 16.2. The van der Waals surface area contributed by atoms with E-state index in [0.29, 0.717) is 23.4 Å². The highest BCUT2D eigenvalue weighted by Gasteiger charge is 2.22. The van der Waals surface area contributed by atoms with Crippen molar-refractivity contribution >= 4 is 23.5 Å². The highest BCUT2D eigenvalue weighted by molar-refractivity contribution is 6.01. The van der Waals surface area contributed by atoms with Crippen molar-refractivity contribution < 1.29 is 4.79 Å².